The average molecular weight is 308 g/mol. The van der Waals surface area contributed by atoms with Crippen molar-refractivity contribution in [1.82, 2.24) is 9.38 Å². The molecule has 1 atom stereocenters. The van der Waals surface area contributed by atoms with Crippen LogP contribution >= 0.6 is 0 Å². The van der Waals surface area contributed by atoms with Crippen LogP contribution in [0, 0.1) is 5.92 Å². The molecule has 0 saturated heterocycles. The van der Waals surface area contributed by atoms with E-state index in [-0.39, 0.29) is 0 Å². The van der Waals surface area contributed by atoms with E-state index in [9.17, 15) is 5.11 Å². The number of hydrogen-bond donors (Lipinski definition) is 1. The van der Waals surface area contributed by atoms with E-state index >= 15 is 0 Å². The molecule has 0 amide bonds. The van der Waals surface area contributed by atoms with Gasteiger partial charge in [-0.2, -0.15) is 0 Å². The molecular weight excluding hydrogens is 284 g/mol. The second kappa shape index (κ2) is 6.97. The zero-order valence-electron chi connectivity index (χ0n) is 13.5. The Bertz CT molecular complexity index is 735. The van der Waals surface area contributed by atoms with Gasteiger partial charge >= 0.3 is 0 Å². The van der Waals surface area contributed by atoms with Gasteiger partial charge in [0.15, 0.2) is 0 Å². The number of allylic oxidation sites excluding steroid dienone is 4. The Labute approximate surface area is 137 Å². The summed E-state index contributed by atoms with van der Waals surface area (Å²) in [5.74, 6) is 0.310. The number of imidazole rings is 1. The van der Waals surface area contributed by atoms with Crippen LogP contribution in [-0.2, 0) is 0 Å². The monoisotopic (exact) mass is 308 g/mol. The van der Waals surface area contributed by atoms with Crippen LogP contribution in [0.4, 0.5) is 0 Å². The second-order valence-corrected chi connectivity index (χ2v) is 6.23. The van der Waals surface area contributed by atoms with Crippen LogP contribution in [0.15, 0.2) is 56.0 Å². The second-order valence-electron chi connectivity index (χ2n) is 6.23. The first-order chi connectivity index (χ1) is 11.3. The van der Waals surface area contributed by atoms with E-state index in [1.807, 2.05) is 28.8 Å². The van der Waals surface area contributed by atoms with Gasteiger partial charge in [-0.05, 0) is 30.4 Å². The van der Waals surface area contributed by atoms with E-state index in [2.05, 4.69) is 24.2 Å². The fourth-order valence-corrected chi connectivity index (χ4v) is 3.63. The Morgan fingerprint density at radius 3 is 2.74 bits per heavy atom. The maximum absolute atomic E-state index is 11.1. The summed E-state index contributed by atoms with van der Waals surface area (Å²) < 4.78 is 2.01. The Hall–Kier alpha value is -2.13. The number of nitrogens with zero attached hydrogens (tertiary/aromatic N) is 2. The van der Waals surface area contributed by atoms with Gasteiger partial charge in [0.1, 0.15) is 0 Å². The van der Waals surface area contributed by atoms with E-state index in [1.165, 1.54) is 19.3 Å². The lowest BCUT2D eigenvalue weighted by molar-refractivity contribution is 0.0799. The Kier molecular flexibility index (Phi) is 4.77. The van der Waals surface area contributed by atoms with Crippen molar-refractivity contribution in [3.05, 3.63) is 67.3 Å². The highest BCUT2D eigenvalue weighted by molar-refractivity contribution is 5.77. The first-order valence-corrected chi connectivity index (χ1v) is 8.35. The number of rotatable bonds is 5. The summed E-state index contributed by atoms with van der Waals surface area (Å²) in [5.41, 5.74) is 3.89. The zero-order chi connectivity index (χ0) is 16.2. The van der Waals surface area contributed by atoms with Gasteiger partial charge in [-0.1, -0.05) is 56.7 Å². The number of hydrogen-bond acceptors (Lipinski definition) is 2. The van der Waals surface area contributed by atoms with Crippen molar-refractivity contribution >= 4 is 11.1 Å². The number of fused-ring (bicyclic) bond motifs is 1. The molecule has 1 saturated carbocycles. The molecule has 23 heavy (non-hydrogen) atoms. The van der Waals surface area contributed by atoms with Crippen LogP contribution in [-0.4, -0.2) is 14.5 Å². The van der Waals surface area contributed by atoms with Gasteiger partial charge in [0, 0.05) is 5.56 Å². The largest absolute Gasteiger partial charge is 0.387 e. The predicted molar refractivity (Wildman–Crippen MR) is 95.1 cm³/mol. The van der Waals surface area contributed by atoms with Crippen molar-refractivity contribution in [2.75, 3.05) is 0 Å². The summed E-state index contributed by atoms with van der Waals surface area (Å²) in [6.07, 6.45) is 14.5. The Balaban J connectivity index is 2.14. The molecule has 0 spiro atoms. The predicted octanol–water partition coefficient (Wildman–Crippen LogP) is 4.70. The zero-order valence-corrected chi connectivity index (χ0v) is 13.5. The fourth-order valence-electron chi connectivity index (χ4n) is 3.63. The molecule has 0 aliphatic heterocycles. The highest BCUT2D eigenvalue weighted by Crippen LogP contribution is 2.37. The van der Waals surface area contributed by atoms with E-state index in [1.54, 1.807) is 12.4 Å². The van der Waals surface area contributed by atoms with Crippen LogP contribution in [0.1, 0.15) is 49.5 Å². The van der Waals surface area contributed by atoms with Crippen LogP contribution in [0.3, 0.4) is 0 Å². The van der Waals surface area contributed by atoms with Crippen molar-refractivity contribution in [3.63, 3.8) is 0 Å². The molecule has 1 N–H and O–H groups in total. The summed E-state index contributed by atoms with van der Waals surface area (Å²) >= 11 is 0. The molecule has 0 bridgehead atoms. The van der Waals surface area contributed by atoms with Crippen molar-refractivity contribution in [3.8, 4) is 0 Å². The molecule has 3 nitrogen and oxygen atoms in total. The van der Waals surface area contributed by atoms with Crippen LogP contribution < -0.4 is 0 Å². The third kappa shape index (κ3) is 3.02. The third-order valence-corrected chi connectivity index (χ3v) is 4.83. The molecule has 2 heterocycles. The first-order valence-electron chi connectivity index (χ1n) is 8.35. The lowest BCUT2D eigenvalue weighted by atomic mass is 9.82. The van der Waals surface area contributed by atoms with Crippen molar-refractivity contribution in [1.29, 1.82) is 0 Å². The molecule has 1 unspecified atom stereocenters. The lowest BCUT2D eigenvalue weighted by Gasteiger charge is -2.29. The summed E-state index contributed by atoms with van der Waals surface area (Å²) in [7, 11) is 0. The number of aliphatic hydroxyl groups is 1. The van der Waals surface area contributed by atoms with E-state index < -0.39 is 6.10 Å². The topological polar surface area (TPSA) is 37.5 Å². The molecule has 2 aromatic rings. The van der Waals surface area contributed by atoms with Gasteiger partial charge in [0.05, 0.1) is 29.8 Å². The highest BCUT2D eigenvalue weighted by Gasteiger charge is 2.27. The minimum Gasteiger partial charge on any atom is -0.387 e. The SMILES string of the molecule is C=C/C=C(\C=C)c1ccc2cncn2c1C(O)C1CCCCC1. The summed E-state index contributed by atoms with van der Waals surface area (Å²) in [5, 5.41) is 11.1. The molecule has 3 heteroatoms. The normalized spacial score (nSPS) is 18.0. The van der Waals surface area contributed by atoms with Crippen molar-refractivity contribution in [2.45, 2.75) is 38.2 Å². The molecule has 2 aromatic heterocycles. The van der Waals surface area contributed by atoms with Gasteiger partial charge in [0.2, 0.25) is 0 Å². The molecule has 1 fully saturated rings. The van der Waals surface area contributed by atoms with Gasteiger partial charge in [-0.3, -0.25) is 4.40 Å². The van der Waals surface area contributed by atoms with Crippen molar-refractivity contribution < 1.29 is 5.11 Å². The van der Waals surface area contributed by atoms with Crippen molar-refractivity contribution in [2.24, 2.45) is 5.92 Å². The van der Waals surface area contributed by atoms with Crippen LogP contribution in [0.2, 0.25) is 0 Å². The Morgan fingerprint density at radius 2 is 2.04 bits per heavy atom. The molecular formula is C20H24N2O. The molecule has 0 aromatic carbocycles. The van der Waals surface area contributed by atoms with Gasteiger partial charge in [-0.25, -0.2) is 4.98 Å². The molecule has 0 radical (unpaired) electrons. The standard InChI is InChI=1S/C20H24N2O/c1-3-8-15(4-2)18-12-11-17-13-21-14-22(17)19(18)20(23)16-9-6-5-7-10-16/h3-4,8,11-14,16,20,23H,1-2,5-7,9-10H2/b15-8+. The lowest BCUT2D eigenvalue weighted by Crippen LogP contribution is -2.19. The highest BCUT2D eigenvalue weighted by atomic mass is 16.3. The third-order valence-electron chi connectivity index (χ3n) is 4.83. The van der Waals surface area contributed by atoms with Crippen LogP contribution in [0.25, 0.3) is 11.1 Å². The molecule has 1 aliphatic carbocycles. The van der Waals surface area contributed by atoms with Crippen LogP contribution in [0.5, 0.6) is 0 Å². The minimum atomic E-state index is -0.489. The number of pyridine rings is 1. The van der Waals surface area contributed by atoms with Gasteiger partial charge in [-0.15, -0.1) is 0 Å². The smallest absolute Gasteiger partial charge is 0.0995 e. The van der Waals surface area contributed by atoms with E-state index in [0.29, 0.717) is 5.92 Å². The van der Waals surface area contributed by atoms with E-state index in [4.69, 9.17) is 0 Å². The van der Waals surface area contributed by atoms with Gasteiger partial charge < -0.3 is 5.11 Å². The summed E-state index contributed by atoms with van der Waals surface area (Å²) in [6, 6.07) is 4.08. The summed E-state index contributed by atoms with van der Waals surface area (Å²) in [4.78, 5) is 4.25. The number of aromatic nitrogens is 2. The average Bonchev–Trinajstić information content (AvgIpc) is 3.07. The fraction of sp³-hybridized carbons (Fsp3) is 0.350. The first kappa shape index (κ1) is 15.8. The maximum atomic E-state index is 11.1. The summed E-state index contributed by atoms with van der Waals surface area (Å²) in [6.45, 7) is 7.70. The quantitative estimate of drug-likeness (QED) is 0.813. The molecule has 120 valence electrons. The van der Waals surface area contributed by atoms with Gasteiger partial charge in [0.25, 0.3) is 0 Å². The van der Waals surface area contributed by atoms with E-state index in [0.717, 1.165) is 35.2 Å². The molecule has 1 aliphatic rings. The minimum absolute atomic E-state index is 0.310. The Morgan fingerprint density at radius 1 is 1.26 bits per heavy atom. The maximum Gasteiger partial charge on any atom is 0.0995 e. The number of aliphatic hydroxyl groups excluding tert-OH is 1. The molecule has 3 rings (SSSR count).